The van der Waals surface area contributed by atoms with Crippen LogP contribution in [0.25, 0.3) is 32.3 Å². The van der Waals surface area contributed by atoms with Crippen molar-refractivity contribution in [3.63, 3.8) is 0 Å². The van der Waals surface area contributed by atoms with Crippen LogP contribution in [0.2, 0.25) is 0 Å². The molecule has 0 unspecified atom stereocenters. The molecular weight excluding hydrogens is 840 g/mol. The Labute approximate surface area is 407 Å². The van der Waals surface area contributed by atoms with E-state index in [9.17, 15) is 0 Å². The van der Waals surface area contributed by atoms with Crippen LogP contribution in [0.5, 0.6) is 0 Å². The Morgan fingerprint density at radius 1 is 0.515 bits per heavy atom. The van der Waals surface area contributed by atoms with Crippen LogP contribution in [0.1, 0.15) is 106 Å². The Hall–Kier alpha value is -6.62. The first kappa shape index (κ1) is 41.6. The molecule has 8 aromatic carbocycles. The summed E-state index contributed by atoms with van der Waals surface area (Å²) in [5, 5.41) is 2.70. The van der Waals surface area contributed by atoms with Gasteiger partial charge in [0.1, 0.15) is 0 Å². The van der Waals surface area contributed by atoms with Gasteiger partial charge in [0, 0.05) is 32.9 Å². The van der Waals surface area contributed by atoms with E-state index < -0.39 is 5.41 Å². The third kappa shape index (κ3) is 5.70. The zero-order valence-corrected chi connectivity index (χ0v) is 41.4. The van der Waals surface area contributed by atoms with Gasteiger partial charge in [-0.1, -0.05) is 188 Å². The molecule has 0 spiro atoms. The number of benzene rings is 8. The molecule has 0 radical (unpaired) electrons. The first-order valence-electron chi connectivity index (χ1n) is 24.7. The molecule has 0 saturated heterocycles. The Morgan fingerprint density at radius 2 is 1.13 bits per heavy atom. The van der Waals surface area contributed by atoms with Gasteiger partial charge in [-0.25, -0.2) is 0 Å². The molecule has 9 aromatic rings. The summed E-state index contributed by atoms with van der Waals surface area (Å²) in [6.45, 7) is 19.1. The normalized spacial score (nSPS) is 16.7. The van der Waals surface area contributed by atoms with Crippen LogP contribution in [0.4, 0.5) is 27.8 Å². The van der Waals surface area contributed by atoms with E-state index in [2.05, 4.69) is 241 Å². The highest BCUT2D eigenvalue weighted by molar-refractivity contribution is 7.26. The zero-order valence-electron chi connectivity index (χ0n) is 40.5. The van der Waals surface area contributed by atoms with Gasteiger partial charge in [0.15, 0.2) is 0 Å². The standard InChI is InChI=1S/C64H57BN2S/c1-40-35-47-45-27-20-29-50-59(45)67(54-30-19-18-28-49(54)64(50,42-23-14-10-15-24-42)43-25-16-11-17-26-43)65-57(47)55(36-40)66(53-32-31-44(61(2,3)4)37-46(53)41-21-12-9-13-22-41)60-58(65)48-38-51-52(39-56(48)68-60)63(7,8)34-33-62(51,5)6/h9-32,35-39H,33-34H2,1-8H3. The van der Waals surface area contributed by atoms with Crippen molar-refractivity contribution >= 4 is 66.9 Å². The molecule has 13 rings (SSSR count). The molecule has 1 aliphatic carbocycles. The summed E-state index contributed by atoms with van der Waals surface area (Å²) in [4.78, 5) is 5.48. The molecule has 4 heterocycles. The Balaban J connectivity index is 1.20. The molecule has 4 aliphatic rings. The van der Waals surface area contributed by atoms with E-state index in [1.807, 2.05) is 11.3 Å². The molecule has 332 valence electrons. The molecule has 2 nitrogen and oxygen atoms in total. The number of anilines is 5. The van der Waals surface area contributed by atoms with Gasteiger partial charge in [-0.2, -0.15) is 0 Å². The zero-order chi connectivity index (χ0) is 46.5. The first-order chi connectivity index (χ1) is 32.8. The average molecular weight is 897 g/mol. The Kier molecular flexibility index (Phi) is 8.83. The lowest BCUT2D eigenvalue weighted by atomic mass is 9.42. The van der Waals surface area contributed by atoms with Gasteiger partial charge in [0.25, 0.3) is 0 Å². The lowest BCUT2D eigenvalue weighted by Gasteiger charge is -2.52. The lowest BCUT2D eigenvalue weighted by Crippen LogP contribution is -2.63. The Morgan fingerprint density at radius 3 is 1.81 bits per heavy atom. The minimum atomic E-state index is -0.556. The van der Waals surface area contributed by atoms with Crippen LogP contribution in [0, 0.1) is 6.92 Å². The van der Waals surface area contributed by atoms with E-state index >= 15 is 0 Å². The summed E-state index contributed by atoms with van der Waals surface area (Å²) in [6.07, 6.45) is 2.35. The van der Waals surface area contributed by atoms with Crippen LogP contribution >= 0.6 is 11.3 Å². The van der Waals surface area contributed by atoms with Crippen LogP contribution in [-0.4, -0.2) is 6.85 Å². The fourth-order valence-corrected chi connectivity index (χ4v) is 14.2. The van der Waals surface area contributed by atoms with Crippen molar-refractivity contribution in [2.75, 3.05) is 9.71 Å². The third-order valence-electron chi connectivity index (χ3n) is 16.4. The maximum absolute atomic E-state index is 2.79. The topological polar surface area (TPSA) is 6.48 Å². The quantitative estimate of drug-likeness (QED) is 0.162. The highest BCUT2D eigenvalue weighted by Gasteiger charge is 2.54. The van der Waals surface area contributed by atoms with Crippen molar-refractivity contribution < 1.29 is 0 Å². The van der Waals surface area contributed by atoms with Crippen molar-refractivity contribution in [3.05, 3.63) is 220 Å². The van der Waals surface area contributed by atoms with Gasteiger partial charge >= 0.3 is 6.85 Å². The van der Waals surface area contributed by atoms with Crippen LogP contribution in [0.15, 0.2) is 176 Å². The van der Waals surface area contributed by atoms with Crippen LogP contribution in [0.3, 0.4) is 0 Å². The van der Waals surface area contributed by atoms with Crippen LogP contribution in [-0.2, 0) is 21.7 Å². The SMILES string of the molecule is Cc1cc2c3c(c1)N(c1ccc(C(C)(C)C)cc1-c1ccccc1)c1sc4cc5c(cc4c1B3N1c3ccccc3C(c3ccccc3)(c3ccccc3)c3cccc-2c31)C(C)(C)CCC5(C)C. The second-order valence-electron chi connectivity index (χ2n) is 22.4. The highest BCUT2D eigenvalue weighted by Crippen LogP contribution is 2.61. The van der Waals surface area contributed by atoms with E-state index in [0.29, 0.717) is 0 Å². The summed E-state index contributed by atoms with van der Waals surface area (Å²) in [7, 11) is 0. The van der Waals surface area contributed by atoms with Gasteiger partial charge in [-0.05, 0) is 144 Å². The smallest absolute Gasteiger partial charge is 0.334 e. The van der Waals surface area contributed by atoms with Crippen LogP contribution < -0.4 is 20.6 Å². The van der Waals surface area contributed by atoms with Crippen molar-refractivity contribution in [3.8, 4) is 22.3 Å². The summed E-state index contributed by atoms with van der Waals surface area (Å²) in [5.74, 6) is 0. The van der Waals surface area contributed by atoms with E-state index in [4.69, 9.17) is 0 Å². The molecule has 68 heavy (non-hydrogen) atoms. The number of hydrogen-bond acceptors (Lipinski definition) is 3. The maximum Gasteiger partial charge on any atom is 0.334 e. The second-order valence-corrected chi connectivity index (χ2v) is 23.4. The van der Waals surface area contributed by atoms with Crippen molar-refractivity contribution in [1.29, 1.82) is 0 Å². The molecule has 0 atom stereocenters. The fraction of sp³-hybridized carbons (Fsp3) is 0.219. The maximum atomic E-state index is 2.79. The molecular formula is C64H57BN2S. The number of rotatable bonds is 4. The van der Waals surface area contributed by atoms with Gasteiger partial charge in [0.2, 0.25) is 0 Å². The number of hydrogen-bond donors (Lipinski definition) is 0. The van der Waals surface area contributed by atoms with Crippen molar-refractivity contribution in [2.45, 2.75) is 89.9 Å². The van der Waals surface area contributed by atoms with Gasteiger partial charge in [-0.3, -0.25) is 0 Å². The monoisotopic (exact) mass is 896 g/mol. The molecule has 0 fully saturated rings. The lowest BCUT2D eigenvalue weighted by molar-refractivity contribution is 0.332. The predicted octanol–water partition coefficient (Wildman–Crippen LogP) is 15.9. The third-order valence-corrected chi connectivity index (χ3v) is 17.5. The molecule has 0 amide bonds. The largest absolute Gasteiger partial charge is 0.376 e. The first-order valence-corrected chi connectivity index (χ1v) is 25.5. The number of fused-ring (bicyclic) bond motifs is 9. The van der Waals surface area contributed by atoms with E-state index in [0.717, 1.165) is 0 Å². The summed E-state index contributed by atoms with van der Waals surface area (Å²) in [5.41, 5.74) is 23.3. The fourth-order valence-electron chi connectivity index (χ4n) is 12.9. The number of thiophene rings is 1. The number of nitrogens with zero attached hydrogens (tertiary/aromatic N) is 2. The van der Waals surface area contributed by atoms with E-state index in [1.165, 1.54) is 128 Å². The van der Waals surface area contributed by atoms with Crippen molar-refractivity contribution in [1.82, 2.24) is 0 Å². The molecule has 0 bridgehead atoms. The summed E-state index contributed by atoms with van der Waals surface area (Å²) >= 11 is 2.00. The Bertz CT molecular complexity index is 3480. The summed E-state index contributed by atoms with van der Waals surface area (Å²) < 4.78 is 1.37. The molecule has 0 saturated carbocycles. The van der Waals surface area contributed by atoms with Gasteiger partial charge in [-0.15, -0.1) is 11.3 Å². The number of para-hydroxylation sites is 2. The van der Waals surface area contributed by atoms with Crippen molar-refractivity contribution in [2.24, 2.45) is 0 Å². The number of aryl methyl sites for hydroxylation is 1. The molecule has 4 heteroatoms. The second kappa shape index (κ2) is 14.5. The highest BCUT2D eigenvalue weighted by atomic mass is 32.1. The van der Waals surface area contributed by atoms with E-state index in [-0.39, 0.29) is 23.1 Å². The molecule has 3 aliphatic heterocycles. The predicted molar refractivity (Wildman–Crippen MR) is 292 cm³/mol. The molecule has 1 aromatic heterocycles. The molecule has 0 N–H and O–H groups in total. The minimum Gasteiger partial charge on any atom is -0.376 e. The summed E-state index contributed by atoms with van der Waals surface area (Å²) in [6, 6.07) is 67.8. The van der Waals surface area contributed by atoms with Gasteiger partial charge in [0.05, 0.1) is 16.1 Å². The van der Waals surface area contributed by atoms with E-state index in [1.54, 1.807) is 0 Å². The average Bonchev–Trinajstić information content (AvgIpc) is 3.72. The van der Waals surface area contributed by atoms with Gasteiger partial charge < -0.3 is 9.71 Å². The minimum absolute atomic E-state index is 0.0171.